The Labute approximate surface area is 307 Å². The summed E-state index contributed by atoms with van der Waals surface area (Å²) >= 11 is -2.23. The molecule has 14 nitrogen and oxygen atoms in total. The molecule has 0 spiro atoms. The van der Waals surface area contributed by atoms with E-state index >= 15 is 0 Å². The zero-order valence-corrected chi connectivity index (χ0v) is 31.8. The van der Waals surface area contributed by atoms with Crippen molar-refractivity contribution in [1.29, 1.82) is 0 Å². The summed E-state index contributed by atoms with van der Waals surface area (Å²) in [7, 11) is -7.31. The number of methoxy groups -OCH3 is 1. The predicted octanol–water partition coefficient (Wildman–Crippen LogP) is 4.43. The number of aliphatic hydroxyl groups excluding tert-OH is 1. The predicted molar refractivity (Wildman–Crippen MR) is 196 cm³/mol. The topological polar surface area (TPSA) is 219 Å². The van der Waals surface area contributed by atoms with E-state index in [4.69, 9.17) is 9.84 Å². The van der Waals surface area contributed by atoms with Crippen LogP contribution in [-0.2, 0) is 51.7 Å². The van der Waals surface area contributed by atoms with Crippen molar-refractivity contribution in [3.8, 4) is 0 Å². The number of rotatable bonds is 19. The Kier molecular flexibility index (Phi) is 13.4. The van der Waals surface area contributed by atoms with E-state index in [1.54, 1.807) is 25.3 Å². The fraction of sp³-hybridized carbons (Fsp3) is 0.486. The molecule has 4 rings (SSSR count). The highest BCUT2D eigenvalue weighted by Gasteiger charge is 2.48. The number of nitrogens with zero attached hydrogens (tertiary/aromatic N) is 2. The molecule has 2 aromatic rings. The van der Waals surface area contributed by atoms with E-state index in [1.807, 2.05) is 36.7 Å². The summed E-state index contributed by atoms with van der Waals surface area (Å²) in [5, 5.41) is 19.2. The number of hydrogen-bond acceptors (Lipinski definition) is 9. The molecule has 17 heteroatoms. The van der Waals surface area contributed by atoms with Crippen LogP contribution >= 0.6 is 0 Å². The van der Waals surface area contributed by atoms with Gasteiger partial charge in [0.05, 0.1) is 21.0 Å². The lowest BCUT2D eigenvalue weighted by Crippen LogP contribution is -2.32. The Morgan fingerprint density at radius 3 is 2.33 bits per heavy atom. The number of carboxylic acids is 1. The third kappa shape index (κ3) is 9.25. The Hall–Kier alpha value is -3.29. The van der Waals surface area contributed by atoms with Crippen molar-refractivity contribution in [2.75, 3.05) is 44.1 Å². The second-order valence-corrected chi connectivity index (χ2v) is 17.4. The van der Waals surface area contributed by atoms with Crippen LogP contribution in [0.1, 0.15) is 69.9 Å². The van der Waals surface area contributed by atoms with Crippen LogP contribution < -0.4 is 4.90 Å². The van der Waals surface area contributed by atoms with E-state index in [1.165, 1.54) is 18.2 Å². The van der Waals surface area contributed by atoms with Crippen molar-refractivity contribution in [2.45, 2.75) is 79.4 Å². The second-order valence-electron chi connectivity index (χ2n) is 13.4. The monoisotopic (exact) mass is 783 g/mol. The van der Waals surface area contributed by atoms with Gasteiger partial charge in [0.2, 0.25) is 5.69 Å². The van der Waals surface area contributed by atoms with Crippen LogP contribution in [0.25, 0.3) is 0 Å². The van der Waals surface area contributed by atoms with Crippen LogP contribution in [0.4, 0.5) is 11.4 Å². The molecule has 0 saturated heterocycles. The van der Waals surface area contributed by atoms with E-state index in [-0.39, 0.29) is 42.2 Å². The summed E-state index contributed by atoms with van der Waals surface area (Å²) in [4.78, 5) is 13.1. The number of fused-ring (bicyclic) bond motifs is 2. The summed E-state index contributed by atoms with van der Waals surface area (Å²) in [5.74, 6) is -1.40. The highest BCUT2D eigenvalue weighted by molar-refractivity contribution is 7.86. The van der Waals surface area contributed by atoms with Gasteiger partial charge in [-0.25, -0.2) is 4.21 Å². The average Bonchev–Trinajstić information content (AvgIpc) is 3.43. The number of allylic oxidation sites excluding steroid dienone is 4. The Morgan fingerprint density at radius 2 is 1.71 bits per heavy atom. The molecule has 286 valence electrons. The molecule has 0 radical (unpaired) electrons. The first kappa shape index (κ1) is 41.5. The van der Waals surface area contributed by atoms with Gasteiger partial charge in [0.15, 0.2) is 23.3 Å². The van der Waals surface area contributed by atoms with Crippen molar-refractivity contribution >= 4 is 54.4 Å². The number of unbranched alkanes of at least 4 members (excludes halogenated alkanes) is 2. The van der Waals surface area contributed by atoms with Crippen molar-refractivity contribution in [2.24, 2.45) is 0 Å². The number of benzene rings is 2. The van der Waals surface area contributed by atoms with Crippen LogP contribution in [0, 0.1) is 0 Å². The van der Waals surface area contributed by atoms with Crippen molar-refractivity contribution < 1.29 is 59.0 Å². The Balaban J connectivity index is 1.86. The van der Waals surface area contributed by atoms with E-state index in [0.29, 0.717) is 55.8 Å². The third-order valence-corrected chi connectivity index (χ3v) is 12.2. The highest BCUT2D eigenvalue weighted by Crippen LogP contribution is 2.51. The van der Waals surface area contributed by atoms with Gasteiger partial charge in [-0.15, -0.1) is 0 Å². The number of aliphatic carboxylic acids is 1. The fourth-order valence-electron chi connectivity index (χ4n) is 7.31. The second kappa shape index (κ2) is 16.8. The van der Waals surface area contributed by atoms with Crippen LogP contribution in [0.5, 0.6) is 0 Å². The van der Waals surface area contributed by atoms with Gasteiger partial charge in [-0.2, -0.15) is 21.4 Å². The molecular weight excluding hydrogens is 737 g/mol. The van der Waals surface area contributed by atoms with Crippen LogP contribution in [0.2, 0.25) is 0 Å². The molecule has 2 aliphatic rings. The fourth-order valence-corrected chi connectivity index (χ4v) is 8.73. The van der Waals surface area contributed by atoms with Gasteiger partial charge in [0, 0.05) is 61.2 Å². The van der Waals surface area contributed by atoms with Gasteiger partial charge < -0.3 is 24.4 Å². The molecule has 0 aromatic heterocycles. The quantitative estimate of drug-likeness (QED) is 0.0577. The van der Waals surface area contributed by atoms with E-state index in [0.717, 1.165) is 16.9 Å². The van der Waals surface area contributed by atoms with Crippen molar-refractivity contribution in [1.82, 2.24) is 0 Å². The standard InChI is InChI=1S/C35H46N2O12S3/c1-34(16-8-22-51(43,44)45)28-24-26(52(46,47)48)13-15-30(28)37(19-20-38)31(34)9-7-10-32-35(2,17-21-49-3)27-23-25(50(41)42)12-14-29(27)36(32)18-6-4-5-11-33(39)40/h7,9-10,12-15,23-24,38H,4-6,8,11,16-22H2,1-3H3,(H3-,39,40,41,42,43,44,45,46,47,48)/p+1. The molecule has 52 heavy (non-hydrogen) atoms. The third-order valence-electron chi connectivity index (χ3n) is 9.91. The largest absolute Gasteiger partial charge is 0.481 e. The van der Waals surface area contributed by atoms with Crippen LogP contribution in [0.15, 0.2) is 70.1 Å². The number of aliphatic hydroxyl groups is 1. The Morgan fingerprint density at radius 1 is 0.981 bits per heavy atom. The first-order valence-electron chi connectivity index (χ1n) is 16.8. The zero-order valence-electron chi connectivity index (χ0n) is 29.4. The van der Waals surface area contributed by atoms with Gasteiger partial charge >= 0.3 is 5.97 Å². The van der Waals surface area contributed by atoms with Crippen LogP contribution in [-0.4, -0.2) is 100 Å². The molecule has 2 heterocycles. The molecular formula is C35H47N2O12S3+. The lowest BCUT2D eigenvalue weighted by molar-refractivity contribution is -0.441. The summed E-state index contributed by atoms with van der Waals surface area (Å²) < 4.78 is 96.3. The Bertz CT molecular complexity index is 2010. The van der Waals surface area contributed by atoms with Gasteiger partial charge in [0.25, 0.3) is 20.2 Å². The summed E-state index contributed by atoms with van der Waals surface area (Å²) in [6.45, 7) is 4.57. The minimum absolute atomic E-state index is 0.0187. The van der Waals surface area contributed by atoms with Gasteiger partial charge in [-0.05, 0) is 87.9 Å². The number of hydrogen-bond donors (Lipinski definition) is 5. The maximum absolute atomic E-state index is 12.1. The molecule has 2 aromatic carbocycles. The lowest BCUT2D eigenvalue weighted by atomic mass is 9.75. The van der Waals surface area contributed by atoms with Crippen molar-refractivity contribution in [3.63, 3.8) is 0 Å². The molecule has 0 fully saturated rings. The summed E-state index contributed by atoms with van der Waals surface area (Å²) in [6, 6.07) is 9.23. The number of ether oxygens (including phenoxy) is 1. The number of carboxylic acid groups (broad SMARTS) is 1. The normalized spacial score (nSPS) is 21.7. The van der Waals surface area contributed by atoms with E-state index < -0.39 is 53.9 Å². The minimum Gasteiger partial charge on any atom is -0.481 e. The summed E-state index contributed by atoms with van der Waals surface area (Å²) in [6.07, 6.45) is 8.11. The number of anilines is 1. The average molecular weight is 784 g/mol. The SMILES string of the molecule is COCCC1(C)C(=CC=CC2=[N+](CCO)c3ccc(S(=O)(=O)O)cc3C2(C)CCCS(=O)(=O)O)N(CCCCCC(=O)O)c2ccc(S(=O)O)cc21. The van der Waals surface area contributed by atoms with E-state index in [9.17, 15) is 44.6 Å². The maximum atomic E-state index is 12.1. The molecule has 0 bridgehead atoms. The highest BCUT2D eigenvalue weighted by atomic mass is 32.2. The molecule has 0 saturated carbocycles. The maximum Gasteiger partial charge on any atom is 0.303 e. The molecule has 0 amide bonds. The van der Waals surface area contributed by atoms with Gasteiger partial charge in [-0.1, -0.05) is 12.5 Å². The first-order chi connectivity index (χ1) is 24.4. The molecule has 5 N–H and O–H groups in total. The van der Waals surface area contributed by atoms with E-state index in [2.05, 4.69) is 4.90 Å². The smallest absolute Gasteiger partial charge is 0.303 e. The number of carbonyl (C=O) groups is 1. The molecule has 3 atom stereocenters. The minimum atomic E-state index is -4.59. The van der Waals surface area contributed by atoms with Gasteiger partial charge in [0.1, 0.15) is 6.61 Å². The van der Waals surface area contributed by atoms with Gasteiger partial charge in [-0.3, -0.25) is 13.9 Å². The first-order valence-corrected chi connectivity index (χ1v) is 21.0. The van der Waals surface area contributed by atoms with Crippen molar-refractivity contribution in [3.05, 3.63) is 71.5 Å². The summed E-state index contributed by atoms with van der Waals surface area (Å²) in [5.41, 5.74) is 2.46. The molecule has 3 unspecified atom stereocenters. The zero-order chi connectivity index (χ0) is 38.5. The lowest BCUT2D eigenvalue weighted by Gasteiger charge is -2.30. The van der Waals surface area contributed by atoms with Crippen LogP contribution in [0.3, 0.4) is 0 Å². The molecule has 2 aliphatic heterocycles. The molecule has 0 aliphatic carbocycles. The number of β-amino-alcohol motifs (C(OH)–C–C–N with tert-alkyl or cyclic N) is 1.